The average molecular weight is 290 g/mol. The van der Waals surface area contributed by atoms with Crippen molar-refractivity contribution in [3.63, 3.8) is 0 Å². The van der Waals surface area contributed by atoms with Gasteiger partial charge in [-0.2, -0.15) is 0 Å². The Balaban J connectivity index is 2.08. The molecule has 0 unspecified atom stereocenters. The van der Waals surface area contributed by atoms with Gasteiger partial charge in [-0.25, -0.2) is 4.98 Å². The Kier molecular flexibility index (Phi) is 4.58. The number of hydrogen-bond donors (Lipinski definition) is 2. The van der Waals surface area contributed by atoms with Gasteiger partial charge < -0.3 is 10.6 Å². The van der Waals surface area contributed by atoms with Gasteiger partial charge in [0.15, 0.2) is 0 Å². The minimum Gasteiger partial charge on any atom is -0.340 e. The van der Waals surface area contributed by atoms with Crippen LogP contribution in [0.1, 0.15) is 18.9 Å². The van der Waals surface area contributed by atoms with E-state index < -0.39 is 0 Å². The summed E-state index contributed by atoms with van der Waals surface area (Å²) < 4.78 is 0. The molecule has 1 amide bonds. The number of pyridine rings is 1. The summed E-state index contributed by atoms with van der Waals surface area (Å²) in [5, 5.41) is 6.67. The largest absolute Gasteiger partial charge is 0.340 e. The molecule has 0 saturated carbocycles. The van der Waals surface area contributed by atoms with Crippen LogP contribution in [-0.2, 0) is 4.79 Å². The molecule has 5 heteroatoms. The van der Waals surface area contributed by atoms with Gasteiger partial charge in [0.05, 0.1) is 11.9 Å². The van der Waals surface area contributed by atoms with Crippen molar-refractivity contribution in [1.29, 1.82) is 0 Å². The van der Waals surface area contributed by atoms with Crippen molar-refractivity contribution in [2.45, 2.75) is 20.3 Å². The van der Waals surface area contributed by atoms with Crippen LogP contribution in [0.5, 0.6) is 0 Å². The van der Waals surface area contributed by atoms with Crippen molar-refractivity contribution in [3.8, 4) is 0 Å². The lowest BCUT2D eigenvalue weighted by atomic mass is 10.2. The Hall–Kier alpha value is -2.07. The standard InChI is InChI=1S/C15H16ClN3O/c1-3-15(20)18-12-5-7-14(17-9-12)19-13-6-4-11(16)8-10(13)2/h4-9H,3H2,1-2H3,(H,17,19)(H,18,20). The second kappa shape index (κ2) is 6.39. The fraction of sp³-hybridized carbons (Fsp3) is 0.200. The number of benzene rings is 1. The van der Waals surface area contributed by atoms with E-state index in [-0.39, 0.29) is 5.91 Å². The van der Waals surface area contributed by atoms with Gasteiger partial charge in [-0.3, -0.25) is 4.79 Å². The highest BCUT2D eigenvalue weighted by Gasteiger charge is 2.02. The number of hydrogen-bond acceptors (Lipinski definition) is 3. The normalized spacial score (nSPS) is 10.2. The van der Waals surface area contributed by atoms with E-state index in [0.29, 0.717) is 22.9 Å². The van der Waals surface area contributed by atoms with Gasteiger partial charge in [0.25, 0.3) is 0 Å². The molecule has 0 aliphatic heterocycles. The highest BCUT2D eigenvalue weighted by Crippen LogP contribution is 2.23. The zero-order valence-corrected chi connectivity index (χ0v) is 12.2. The molecule has 1 heterocycles. The molecule has 4 nitrogen and oxygen atoms in total. The number of aryl methyl sites for hydroxylation is 1. The summed E-state index contributed by atoms with van der Waals surface area (Å²) in [6, 6.07) is 9.26. The number of rotatable bonds is 4. The summed E-state index contributed by atoms with van der Waals surface area (Å²) in [5.74, 6) is 0.686. The molecule has 0 fully saturated rings. The number of halogens is 1. The molecule has 2 N–H and O–H groups in total. The molecule has 2 rings (SSSR count). The third kappa shape index (κ3) is 3.71. The highest BCUT2D eigenvalue weighted by atomic mass is 35.5. The van der Waals surface area contributed by atoms with Crippen LogP contribution in [0, 0.1) is 6.92 Å². The van der Waals surface area contributed by atoms with E-state index in [9.17, 15) is 4.79 Å². The molecule has 0 spiro atoms. The number of nitrogens with zero attached hydrogens (tertiary/aromatic N) is 1. The van der Waals surface area contributed by atoms with Gasteiger partial charge in [-0.05, 0) is 42.8 Å². The number of carbonyl (C=O) groups is 1. The maximum absolute atomic E-state index is 11.3. The van der Waals surface area contributed by atoms with Crippen molar-refractivity contribution in [1.82, 2.24) is 4.98 Å². The second-order valence-electron chi connectivity index (χ2n) is 4.42. The van der Waals surface area contributed by atoms with Crippen molar-refractivity contribution in [3.05, 3.63) is 47.1 Å². The zero-order valence-electron chi connectivity index (χ0n) is 11.4. The quantitative estimate of drug-likeness (QED) is 0.889. The number of amides is 1. The highest BCUT2D eigenvalue weighted by molar-refractivity contribution is 6.30. The molecular formula is C15H16ClN3O. The lowest BCUT2D eigenvalue weighted by Gasteiger charge is -2.10. The molecule has 1 aromatic heterocycles. The number of nitrogens with one attached hydrogen (secondary N) is 2. The lowest BCUT2D eigenvalue weighted by Crippen LogP contribution is -2.09. The SMILES string of the molecule is CCC(=O)Nc1ccc(Nc2ccc(Cl)cc2C)nc1. The smallest absolute Gasteiger partial charge is 0.224 e. The van der Waals surface area contributed by atoms with Gasteiger partial charge in [0.1, 0.15) is 5.82 Å². The van der Waals surface area contributed by atoms with Crippen LogP contribution in [0.15, 0.2) is 36.5 Å². The second-order valence-corrected chi connectivity index (χ2v) is 4.85. The Bertz CT molecular complexity index is 611. The van der Waals surface area contributed by atoms with E-state index in [1.165, 1.54) is 0 Å². The van der Waals surface area contributed by atoms with Crippen LogP contribution >= 0.6 is 11.6 Å². The van der Waals surface area contributed by atoms with Crippen LogP contribution in [0.25, 0.3) is 0 Å². The van der Waals surface area contributed by atoms with E-state index in [0.717, 1.165) is 11.3 Å². The molecular weight excluding hydrogens is 274 g/mol. The van der Waals surface area contributed by atoms with Crippen LogP contribution in [0.2, 0.25) is 5.02 Å². The van der Waals surface area contributed by atoms with E-state index in [1.54, 1.807) is 6.20 Å². The van der Waals surface area contributed by atoms with Gasteiger partial charge in [-0.1, -0.05) is 18.5 Å². The molecule has 0 aliphatic carbocycles. The first-order valence-corrected chi connectivity index (χ1v) is 6.75. The third-order valence-electron chi connectivity index (χ3n) is 2.82. The molecule has 0 aliphatic rings. The van der Waals surface area contributed by atoms with Crippen molar-refractivity contribution in [2.75, 3.05) is 10.6 Å². The Morgan fingerprint density at radius 1 is 1.30 bits per heavy atom. The maximum Gasteiger partial charge on any atom is 0.224 e. The number of anilines is 3. The molecule has 2 aromatic rings. The van der Waals surface area contributed by atoms with E-state index in [1.807, 2.05) is 44.2 Å². The molecule has 104 valence electrons. The molecule has 20 heavy (non-hydrogen) atoms. The summed E-state index contributed by atoms with van der Waals surface area (Å²) in [7, 11) is 0. The van der Waals surface area contributed by atoms with Gasteiger partial charge in [0, 0.05) is 17.1 Å². The van der Waals surface area contributed by atoms with E-state index >= 15 is 0 Å². The van der Waals surface area contributed by atoms with Crippen molar-refractivity contribution in [2.24, 2.45) is 0 Å². The molecule has 0 saturated heterocycles. The van der Waals surface area contributed by atoms with E-state index in [4.69, 9.17) is 11.6 Å². The molecule has 0 atom stereocenters. The Labute approximate surface area is 123 Å². The monoisotopic (exact) mass is 289 g/mol. The lowest BCUT2D eigenvalue weighted by molar-refractivity contribution is -0.115. The van der Waals surface area contributed by atoms with Crippen LogP contribution in [0.3, 0.4) is 0 Å². The van der Waals surface area contributed by atoms with Crippen molar-refractivity contribution >= 4 is 34.7 Å². The predicted octanol–water partition coefficient (Wildman–Crippen LogP) is 4.14. The first kappa shape index (κ1) is 14.3. The first-order chi connectivity index (χ1) is 9.58. The van der Waals surface area contributed by atoms with Crippen molar-refractivity contribution < 1.29 is 4.79 Å². The molecule has 0 radical (unpaired) electrons. The third-order valence-corrected chi connectivity index (χ3v) is 3.05. The van der Waals surface area contributed by atoms with E-state index in [2.05, 4.69) is 15.6 Å². The summed E-state index contributed by atoms with van der Waals surface area (Å²) in [4.78, 5) is 15.5. The van der Waals surface area contributed by atoms with Gasteiger partial charge in [-0.15, -0.1) is 0 Å². The number of aromatic nitrogens is 1. The fourth-order valence-corrected chi connectivity index (χ4v) is 1.92. The fourth-order valence-electron chi connectivity index (χ4n) is 1.70. The van der Waals surface area contributed by atoms with Gasteiger partial charge >= 0.3 is 0 Å². The summed E-state index contributed by atoms with van der Waals surface area (Å²) in [6.45, 7) is 3.78. The van der Waals surface area contributed by atoms with Crippen LogP contribution in [0.4, 0.5) is 17.2 Å². The summed E-state index contributed by atoms with van der Waals surface area (Å²) >= 11 is 5.92. The van der Waals surface area contributed by atoms with Gasteiger partial charge in [0.2, 0.25) is 5.91 Å². The average Bonchev–Trinajstić information content (AvgIpc) is 2.44. The summed E-state index contributed by atoms with van der Waals surface area (Å²) in [6.07, 6.45) is 2.07. The maximum atomic E-state index is 11.3. The predicted molar refractivity (Wildman–Crippen MR) is 82.6 cm³/mol. The Morgan fingerprint density at radius 3 is 2.70 bits per heavy atom. The molecule has 0 bridgehead atoms. The molecule has 1 aromatic carbocycles. The van der Waals surface area contributed by atoms with Crippen LogP contribution in [-0.4, -0.2) is 10.9 Å². The topological polar surface area (TPSA) is 54.0 Å². The zero-order chi connectivity index (χ0) is 14.5. The van der Waals surface area contributed by atoms with Crippen LogP contribution < -0.4 is 10.6 Å². The summed E-state index contributed by atoms with van der Waals surface area (Å²) in [5.41, 5.74) is 2.69. The Morgan fingerprint density at radius 2 is 2.10 bits per heavy atom. The minimum absolute atomic E-state index is 0.0268. The minimum atomic E-state index is -0.0268. The first-order valence-electron chi connectivity index (χ1n) is 6.37. The number of carbonyl (C=O) groups excluding carboxylic acids is 1.